The molecule has 1 heterocycles. The molecule has 4 nitrogen and oxygen atoms in total. The van der Waals surface area contributed by atoms with Gasteiger partial charge in [0, 0.05) is 12.1 Å². The van der Waals surface area contributed by atoms with Crippen molar-refractivity contribution in [3.8, 4) is 11.4 Å². The molecule has 0 spiro atoms. The third-order valence-electron chi connectivity index (χ3n) is 2.12. The van der Waals surface area contributed by atoms with Crippen LogP contribution in [0.5, 0.6) is 0 Å². The maximum Gasteiger partial charge on any atom is 0.400 e. The molecule has 1 aromatic heterocycles. The lowest BCUT2D eigenvalue weighted by Gasteiger charge is -1.98. The van der Waals surface area contributed by atoms with Crippen LogP contribution in [-0.4, -0.2) is 10.1 Å². The molecule has 1 aromatic carbocycles. The molecule has 0 atom stereocenters. The van der Waals surface area contributed by atoms with Crippen molar-refractivity contribution < 1.29 is 13.3 Å². The normalized spacial score (nSPS) is 11.8. The van der Waals surface area contributed by atoms with Gasteiger partial charge in [-0.2, -0.15) is 13.8 Å². The summed E-state index contributed by atoms with van der Waals surface area (Å²) in [6.07, 6.45) is 0. The van der Waals surface area contributed by atoms with Crippen LogP contribution in [0.1, 0.15) is 11.5 Å². The van der Waals surface area contributed by atoms with Gasteiger partial charge >= 0.3 is 11.3 Å². The molecule has 2 N–H and O–H groups in total. The first-order valence-corrected chi connectivity index (χ1v) is 5.09. The molecule has 0 saturated heterocycles. The van der Waals surface area contributed by atoms with Gasteiger partial charge in [0.2, 0.25) is 5.82 Å². The van der Waals surface area contributed by atoms with E-state index in [1.54, 1.807) is 24.3 Å². The first-order chi connectivity index (χ1) is 8.00. The van der Waals surface area contributed by atoms with Crippen LogP contribution in [0.15, 0.2) is 28.8 Å². The lowest BCUT2D eigenvalue weighted by molar-refractivity contribution is 0.0551. The molecule has 0 amide bonds. The Morgan fingerprint density at radius 3 is 2.41 bits per heavy atom. The van der Waals surface area contributed by atoms with Crippen molar-refractivity contribution in [2.24, 2.45) is 5.73 Å². The highest BCUT2D eigenvalue weighted by Crippen LogP contribution is 2.32. The molecule has 0 aliphatic carbocycles. The second-order valence-electron chi connectivity index (χ2n) is 3.32. The lowest BCUT2D eigenvalue weighted by Crippen LogP contribution is -2.03. The van der Waals surface area contributed by atoms with Crippen LogP contribution >= 0.6 is 11.6 Å². The summed E-state index contributed by atoms with van der Waals surface area (Å²) in [4.78, 5) is 3.52. The van der Waals surface area contributed by atoms with Crippen LogP contribution in [0.4, 0.5) is 8.78 Å². The Labute approximate surface area is 100 Å². The third-order valence-corrected chi connectivity index (χ3v) is 2.28. The summed E-state index contributed by atoms with van der Waals surface area (Å²) < 4.78 is 29.7. The first kappa shape index (κ1) is 11.9. The predicted octanol–water partition coefficient (Wildman–Crippen LogP) is 2.48. The van der Waals surface area contributed by atoms with Gasteiger partial charge in [0.1, 0.15) is 0 Å². The van der Waals surface area contributed by atoms with E-state index in [-0.39, 0.29) is 5.82 Å². The minimum absolute atomic E-state index is 0.0592. The number of rotatable bonds is 3. The highest BCUT2D eigenvalue weighted by Gasteiger charge is 2.35. The maximum absolute atomic E-state index is 12.7. The van der Waals surface area contributed by atoms with Crippen molar-refractivity contribution in [2.45, 2.75) is 11.9 Å². The highest BCUT2D eigenvalue weighted by molar-refractivity contribution is 6.21. The van der Waals surface area contributed by atoms with E-state index in [0.717, 1.165) is 5.56 Å². The van der Waals surface area contributed by atoms with Crippen LogP contribution in [0.3, 0.4) is 0 Å². The molecule has 0 bridgehead atoms. The van der Waals surface area contributed by atoms with Gasteiger partial charge in [-0.3, -0.25) is 0 Å². The maximum atomic E-state index is 12.7. The Kier molecular flexibility index (Phi) is 3.08. The van der Waals surface area contributed by atoms with E-state index in [2.05, 4.69) is 14.7 Å². The highest BCUT2D eigenvalue weighted by atomic mass is 35.5. The second-order valence-corrected chi connectivity index (χ2v) is 3.80. The number of hydrogen-bond donors (Lipinski definition) is 1. The number of halogens is 3. The largest absolute Gasteiger partial charge is 0.400 e. The van der Waals surface area contributed by atoms with Crippen molar-refractivity contribution in [1.82, 2.24) is 10.1 Å². The van der Waals surface area contributed by atoms with Crippen molar-refractivity contribution in [2.75, 3.05) is 0 Å². The Morgan fingerprint density at radius 2 is 1.94 bits per heavy atom. The quantitative estimate of drug-likeness (QED) is 0.860. The molecule has 7 heteroatoms. The van der Waals surface area contributed by atoms with Crippen molar-refractivity contribution in [1.29, 1.82) is 0 Å². The number of nitrogens with zero attached hydrogens (tertiary/aromatic N) is 2. The summed E-state index contributed by atoms with van der Waals surface area (Å²) in [5, 5.41) is -0.224. The van der Waals surface area contributed by atoms with E-state index >= 15 is 0 Å². The van der Waals surface area contributed by atoms with E-state index in [1.807, 2.05) is 0 Å². The Hall–Kier alpha value is -1.53. The van der Waals surface area contributed by atoms with E-state index < -0.39 is 11.3 Å². The van der Waals surface area contributed by atoms with Crippen LogP contribution in [0.25, 0.3) is 11.4 Å². The SMILES string of the molecule is NCc1ccc(-c2noc(C(F)(F)Cl)n2)cc1. The number of nitrogens with two attached hydrogens (primary N) is 1. The molecule has 0 aliphatic heterocycles. The topological polar surface area (TPSA) is 64.9 Å². The average Bonchev–Trinajstić information content (AvgIpc) is 2.78. The zero-order chi connectivity index (χ0) is 12.5. The fraction of sp³-hybridized carbons (Fsp3) is 0.200. The average molecular weight is 260 g/mol. The molecule has 17 heavy (non-hydrogen) atoms. The Balaban J connectivity index is 2.30. The summed E-state index contributed by atoms with van der Waals surface area (Å²) in [6, 6.07) is 6.85. The third kappa shape index (κ3) is 2.59. The Morgan fingerprint density at radius 1 is 1.29 bits per heavy atom. The van der Waals surface area contributed by atoms with E-state index in [1.165, 1.54) is 0 Å². The predicted molar refractivity (Wildman–Crippen MR) is 57.4 cm³/mol. The Bertz CT molecular complexity index is 507. The van der Waals surface area contributed by atoms with Crippen LogP contribution in [-0.2, 0) is 11.9 Å². The summed E-state index contributed by atoms with van der Waals surface area (Å²) in [5.41, 5.74) is 6.90. The van der Waals surface area contributed by atoms with Crippen LogP contribution < -0.4 is 5.73 Å². The molecule has 0 saturated carbocycles. The summed E-state index contributed by atoms with van der Waals surface area (Å²) in [5.74, 6) is -0.860. The molecule has 0 unspecified atom stereocenters. The van der Waals surface area contributed by atoms with E-state index in [0.29, 0.717) is 12.1 Å². The minimum Gasteiger partial charge on any atom is -0.331 e. The molecule has 0 aliphatic rings. The smallest absolute Gasteiger partial charge is 0.331 e. The summed E-state index contributed by atoms with van der Waals surface area (Å²) in [6.45, 7) is 0.400. The fourth-order valence-electron chi connectivity index (χ4n) is 1.25. The number of alkyl halides is 3. The van der Waals surface area contributed by atoms with E-state index in [4.69, 9.17) is 17.3 Å². The molecular weight excluding hydrogens is 252 g/mol. The van der Waals surface area contributed by atoms with Crippen LogP contribution in [0.2, 0.25) is 0 Å². The van der Waals surface area contributed by atoms with Gasteiger partial charge in [0.05, 0.1) is 0 Å². The molecular formula is C10H8ClF2N3O. The summed E-state index contributed by atoms with van der Waals surface area (Å²) >= 11 is 4.76. The van der Waals surface area contributed by atoms with Gasteiger partial charge in [0.15, 0.2) is 0 Å². The molecule has 0 fully saturated rings. The number of aromatic nitrogens is 2. The fourth-order valence-corrected chi connectivity index (χ4v) is 1.32. The molecule has 90 valence electrons. The van der Waals surface area contributed by atoms with Crippen LogP contribution in [0, 0.1) is 0 Å². The first-order valence-electron chi connectivity index (χ1n) is 4.71. The van der Waals surface area contributed by atoms with Gasteiger partial charge in [0.25, 0.3) is 0 Å². The minimum atomic E-state index is -3.65. The second kappa shape index (κ2) is 4.38. The van der Waals surface area contributed by atoms with Crippen molar-refractivity contribution >= 4 is 11.6 Å². The van der Waals surface area contributed by atoms with Gasteiger partial charge in [-0.05, 0) is 17.2 Å². The lowest BCUT2D eigenvalue weighted by atomic mass is 10.1. The van der Waals surface area contributed by atoms with Gasteiger partial charge in [-0.1, -0.05) is 29.4 Å². The molecule has 2 aromatic rings. The number of benzene rings is 1. The monoisotopic (exact) mass is 259 g/mol. The zero-order valence-electron chi connectivity index (χ0n) is 8.53. The van der Waals surface area contributed by atoms with Gasteiger partial charge in [-0.25, -0.2) is 0 Å². The van der Waals surface area contributed by atoms with Gasteiger partial charge < -0.3 is 10.3 Å². The molecule has 2 rings (SSSR count). The van der Waals surface area contributed by atoms with Crippen molar-refractivity contribution in [3.05, 3.63) is 35.7 Å². The molecule has 0 radical (unpaired) electrons. The number of hydrogen-bond acceptors (Lipinski definition) is 4. The van der Waals surface area contributed by atoms with Gasteiger partial charge in [-0.15, -0.1) is 0 Å². The summed E-state index contributed by atoms with van der Waals surface area (Å²) in [7, 11) is 0. The zero-order valence-corrected chi connectivity index (χ0v) is 9.29. The van der Waals surface area contributed by atoms with Crippen molar-refractivity contribution in [3.63, 3.8) is 0 Å². The standard InChI is InChI=1S/C10H8ClF2N3O/c11-10(12,13)9-15-8(16-17-9)7-3-1-6(5-14)2-4-7/h1-4H,5,14H2. The van der Waals surface area contributed by atoms with E-state index in [9.17, 15) is 8.78 Å².